The Labute approximate surface area is 153 Å². The van der Waals surface area contributed by atoms with E-state index in [1.165, 1.54) is 0 Å². The summed E-state index contributed by atoms with van der Waals surface area (Å²) in [5.41, 5.74) is 1.50. The minimum atomic E-state index is -4.41. The van der Waals surface area contributed by atoms with E-state index in [0.29, 0.717) is 11.3 Å². The van der Waals surface area contributed by atoms with E-state index in [4.69, 9.17) is 4.42 Å². The first-order valence-corrected chi connectivity index (χ1v) is 8.40. The van der Waals surface area contributed by atoms with Crippen LogP contribution in [0.2, 0.25) is 0 Å². The van der Waals surface area contributed by atoms with Crippen LogP contribution in [0, 0.1) is 0 Å². The van der Waals surface area contributed by atoms with Gasteiger partial charge >= 0.3 is 6.18 Å². The number of halogens is 3. The number of para-hydroxylation sites is 1. The average molecular weight is 377 g/mol. The summed E-state index contributed by atoms with van der Waals surface area (Å²) in [6.07, 6.45) is -4.59. The van der Waals surface area contributed by atoms with Gasteiger partial charge < -0.3 is 14.5 Å². The molecule has 7 heteroatoms. The summed E-state index contributed by atoms with van der Waals surface area (Å²) < 4.78 is 46.7. The Morgan fingerprint density at radius 3 is 2.48 bits per heavy atom. The lowest BCUT2D eigenvalue weighted by atomic mass is 10.0. The van der Waals surface area contributed by atoms with E-state index in [1.807, 2.05) is 60.7 Å². The van der Waals surface area contributed by atoms with Crippen molar-refractivity contribution >= 4 is 16.9 Å². The number of alkyl halides is 3. The monoisotopic (exact) mass is 377 g/mol. The standard InChI is InChI=1S/C20H18F3NO3/c21-20(22,23)13-26-11-10-18(25)24-19(14-6-2-1-3-7-14)17-12-15-8-4-5-9-16(15)27-17/h1-9,12,19H,10-11,13H2,(H,24,25). The van der Waals surface area contributed by atoms with Crippen molar-refractivity contribution < 1.29 is 27.1 Å². The Bertz CT molecular complexity index is 857. The Balaban J connectivity index is 1.72. The van der Waals surface area contributed by atoms with Crippen molar-refractivity contribution in [1.29, 1.82) is 0 Å². The summed E-state index contributed by atoms with van der Waals surface area (Å²) in [4.78, 5) is 12.2. The summed E-state index contributed by atoms with van der Waals surface area (Å²) >= 11 is 0. The highest BCUT2D eigenvalue weighted by atomic mass is 19.4. The van der Waals surface area contributed by atoms with Crippen LogP contribution in [0.25, 0.3) is 11.0 Å². The molecule has 1 heterocycles. The third kappa shape index (κ3) is 5.34. The molecule has 0 saturated carbocycles. The second-order valence-electron chi connectivity index (χ2n) is 6.02. The van der Waals surface area contributed by atoms with Crippen molar-refractivity contribution in [3.05, 3.63) is 72.0 Å². The van der Waals surface area contributed by atoms with Gasteiger partial charge in [-0.25, -0.2) is 0 Å². The zero-order valence-corrected chi connectivity index (χ0v) is 14.3. The quantitative estimate of drug-likeness (QED) is 0.612. The maximum Gasteiger partial charge on any atom is 0.411 e. The largest absolute Gasteiger partial charge is 0.459 e. The van der Waals surface area contributed by atoms with Gasteiger partial charge in [0.05, 0.1) is 6.61 Å². The SMILES string of the molecule is O=C(CCOCC(F)(F)F)NC(c1ccccc1)c1cc2ccccc2o1. The number of benzene rings is 2. The molecular formula is C20H18F3NO3. The molecule has 0 aliphatic heterocycles. The number of hydrogen-bond donors (Lipinski definition) is 1. The molecule has 27 heavy (non-hydrogen) atoms. The number of nitrogens with one attached hydrogen (secondary N) is 1. The van der Waals surface area contributed by atoms with Crippen LogP contribution in [0.15, 0.2) is 65.1 Å². The van der Waals surface area contributed by atoms with Crippen LogP contribution >= 0.6 is 0 Å². The van der Waals surface area contributed by atoms with E-state index in [2.05, 4.69) is 10.1 Å². The van der Waals surface area contributed by atoms with Crippen LogP contribution in [-0.2, 0) is 9.53 Å². The van der Waals surface area contributed by atoms with Crippen LogP contribution in [0.1, 0.15) is 23.8 Å². The predicted molar refractivity (Wildman–Crippen MR) is 94.1 cm³/mol. The third-order valence-corrected chi connectivity index (χ3v) is 3.91. The van der Waals surface area contributed by atoms with Crippen LogP contribution < -0.4 is 5.32 Å². The van der Waals surface area contributed by atoms with Crippen LogP contribution in [0.3, 0.4) is 0 Å². The van der Waals surface area contributed by atoms with Crippen molar-refractivity contribution in [2.24, 2.45) is 0 Å². The molecule has 1 unspecified atom stereocenters. The van der Waals surface area contributed by atoms with Crippen LogP contribution in [0.5, 0.6) is 0 Å². The summed E-state index contributed by atoms with van der Waals surface area (Å²) in [6, 6.07) is 18.0. The van der Waals surface area contributed by atoms with E-state index >= 15 is 0 Å². The summed E-state index contributed by atoms with van der Waals surface area (Å²) in [6.45, 7) is -1.68. The number of rotatable bonds is 7. The van der Waals surface area contributed by atoms with Gasteiger partial charge in [-0.1, -0.05) is 48.5 Å². The molecule has 3 aromatic rings. The number of carbonyl (C=O) groups is 1. The van der Waals surface area contributed by atoms with Gasteiger partial charge in [-0.3, -0.25) is 4.79 Å². The molecule has 0 saturated heterocycles. The Morgan fingerprint density at radius 1 is 1.07 bits per heavy atom. The highest BCUT2D eigenvalue weighted by molar-refractivity contribution is 5.79. The maximum absolute atomic E-state index is 12.2. The van der Waals surface area contributed by atoms with Crippen molar-refractivity contribution in [2.45, 2.75) is 18.6 Å². The highest BCUT2D eigenvalue weighted by Crippen LogP contribution is 2.28. The van der Waals surface area contributed by atoms with Gasteiger partial charge in [0, 0.05) is 11.8 Å². The van der Waals surface area contributed by atoms with Crippen LogP contribution in [-0.4, -0.2) is 25.3 Å². The number of amides is 1. The van der Waals surface area contributed by atoms with Gasteiger partial charge in [-0.05, 0) is 17.7 Å². The van der Waals surface area contributed by atoms with E-state index in [0.717, 1.165) is 10.9 Å². The molecule has 0 aliphatic carbocycles. The molecule has 142 valence electrons. The zero-order chi connectivity index (χ0) is 19.3. The fraction of sp³-hybridized carbons (Fsp3) is 0.250. The molecule has 2 aromatic carbocycles. The number of fused-ring (bicyclic) bond motifs is 1. The molecule has 0 spiro atoms. The fourth-order valence-corrected chi connectivity index (χ4v) is 2.69. The molecular weight excluding hydrogens is 359 g/mol. The first-order chi connectivity index (χ1) is 12.9. The van der Waals surface area contributed by atoms with E-state index in [-0.39, 0.29) is 13.0 Å². The maximum atomic E-state index is 12.2. The summed E-state index contributed by atoms with van der Waals surface area (Å²) in [5.74, 6) is 0.124. The van der Waals surface area contributed by atoms with Gasteiger partial charge in [0.2, 0.25) is 5.91 Å². The second-order valence-corrected chi connectivity index (χ2v) is 6.02. The van der Waals surface area contributed by atoms with Gasteiger partial charge in [-0.2, -0.15) is 13.2 Å². The van der Waals surface area contributed by atoms with Crippen molar-refractivity contribution in [3.63, 3.8) is 0 Å². The van der Waals surface area contributed by atoms with Crippen molar-refractivity contribution in [1.82, 2.24) is 5.32 Å². The molecule has 0 aliphatic rings. The van der Waals surface area contributed by atoms with Gasteiger partial charge in [0.25, 0.3) is 0 Å². The van der Waals surface area contributed by atoms with E-state index in [9.17, 15) is 18.0 Å². The molecule has 0 bridgehead atoms. The average Bonchev–Trinajstić information content (AvgIpc) is 3.07. The minimum Gasteiger partial charge on any atom is -0.459 e. The summed E-state index contributed by atoms with van der Waals surface area (Å²) in [5, 5.41) is 3.71. The zero-order valence-electron chi connectivity index (χ0n) is 14.3. The molecule has 1 aromatic heterocycles. The summed E-state index contributed by atoms with van der Waals surface area (Å²) in [7, 11) is 0. The lowest BCUT2D eigenvalue weighted by Gasteiger charge is -2.17. The van der Waals surface area contributed by atoms with Gasteiger partial charge in [0.1, 0.15) is 24.0 Å². The number of furan rings is 1. The molecule has 0 radical (unpaired) electrons. The van der Waals surface area contributed by atoms with E-state index in [1.54, 1.807) is 0 Å². The highest BCUT2D eigenvalue weighted by Gasteiger charge is 2.27. The smallest absolute Gasteiger partial charge is 0.411 e. The lowest BCUT2D eigenvalue weighted by Crippen LogP contribution is -2.30. The number of carbonyl (C=O) groups excluding carboxylic acids is 1. The topological polar surface area (TPSA) is 51.5 Å². The molecule has 1 atom stereocenters. The normalized spacial score (nSPS) is 12.9. The molecule has 0 fully saturated rings. The minimum absolute atomic E-state index is 0.181. The Hall–Kier alpha value is -2.80. The van der Waals surface area contributed by atoms with Gasteiger partial charge in [-0.15, -0.1) is 0 Å². The predicted octanol–water partition coefficient (Wildman–Crippen LogP) is 4.61. The number of hydrogen-bond acceptors (Lipinski definition) is 3. The molecule has 1 N–H and O–H groups in total. The molecule has 3 rings (SSSR count). The third-order valence-electron chi connectivity index (χ3n) is 3.91. The fourth-order valence-electron chi connectivity index (χ4n) is 2.69. The second kappa shape index (κ2) is 8.26. The first kappa shape index (κ1) is 19.0. The van der Waals surface area contributed by atoms with E-state index < -0.39 is 24.7 Å². The van der Waals surface area contributed by atoms with Crippen molar-refractivity contribution in [3.8, 4) is 0 Å². The Morgan fingerprint density at radius 2 is 1.78 bits per heavy atom. The number of ether oxygens (including phenoxy) is 1. The Kier molecular flexibility index (Phi) is 5.81. The van der Waals surface area contributed by atoms with Gasteiger partial charge in [0.15, 0.2) is 0 Å². The first-order valence-electron chi connectivity index (χ1n) is 8.40. The van der Waals surface area contributed by atoms with Crippen molar-refractivity contribution in [2.75, 3.05) is 13.2 Å². The van der Waals surface area contributed by atoms with Crippen LogP contribution in [0.4, 0.5) is 13.2 Å². The molecule has 4 nitrogen and oxygen atoms in total. The lowest BCUT2D eigenvalue weighted by molar-refractivity contribution is -0.174. The molecule has 1 amide bonds.